The zero-order valence-corrected chi connectivity index (χ0v) is 19.3. The Hall–Kier alpha value is -2.56. The Bertz CT molecular complexity index is 949. The monoisotopic (exact) mass is 437 g/mol. The van der Waals surface area contributed by atoms with Crippen molar-refractivity contribution in [2.24, 2.45) is 0 Å². The Morgan fingerprint density at radius 1 is 0.844 bits per heavy atom. The van der Waals surface area contributed by atoms with Gasteiger partial charge in [-0.3, -0.25) is 4.90 Å². The lowest BCUT2D eigenvalue weighted by Crippen LogP contribution is -2.30. The van der Waals surface area contributed by atoms with Crippen LogP contribution in [0.25, 0.3) is 0 Å². The number of halogens is 2. The number of hydrogen-bond acceptors (Lipinski definition) is 2. The molecule has 2 nitrogen and oxygen atoms in total. The molecule has 0 aliphatic heterocycles. The molecule has 0 saturated heterocycles. The minimum atomic E-state index is -0.490. The molecule has 0 aliphatic rings. The predicted octanol–water partition coefficient (Wildman–Crippen LogP) is 6.79. The van der Waals surface area contributed by atoms with Crippen LogP contribution in [-0.2, 0) is 17.7 Å². The second kappa shape index (κ2) is 11.9. The number of nitrogens with zero attached hydrogens (tertiary/aromatic N) is 1. The summed E-state index contributed by atoms with van der Waals surface area (Å²) in [5, 5.41) is 0. The standard InChI is InChI=1S/C28H33F2NO/c1-4-31(19-23-13-6-5-7-14-23)20-27(28-21(2)11-8-12-22(28)3)32-18-10-15-24-25(29)16-9-17-26(24)30/h5-9,11-14,16-17,27H,4,10,15,18-20H2,1-3H3. The first-order chi connectivity index (χ1) is 15.5. The highest BCUT2D eigenvalue weighted by molar-refractivity contribution is 5.35. The first-order valence-electron chi connectivity index (χ1n) is 11.4. The number of aryl methyl sites for hydroxylation is 2. The summed E-state index contributed by atoms with van der Waals surface area (Å²) < 4.78 is 34.3. The Kier molecular flexibility index (Phi) is 8.95. The van der Waals surface area contributed by atoms with Crippen molar-refractivity contribution < 1.29 is 13.5 Å². The lowest BCUT2D eigenvalue weighted by atomic mass is 9.97. The second-order valence-corrected chi connectivity index (χ2v) is 8.28. The molecule has 0 saturated carbocycles. The zero-order valence-electron chi connectivity index (χ0n) is 19.3. The minimum absolute atomic E-state index is 0.106. The van der Waals surface area contributed by atoms with Gasteiger partial charge in [-0.15, -0.1) is 0 Å². The Morgan fingerprint density at radius 2 is 1.47 bits per heavy atom. The normalized spacial score (nSPS) is 12.3. The maximum Gasteiger partial charge on any atom is 0.129 e. The Labute approximate surface area is 190 Å². The van der Waals surface area contributed by atoms with Crippen LogP contribution in [0, 0.1) is 25.5 Å². The van der Waals surface area contributed by atoms with Gasteiger partial charge in [-0.25, -0.2) is 8.78 Å². The number of benzene rings is 3. The van der Waals surface area contributed by atoms with Crippen LogP contribution in [0.2, 0.25) is 0 Å². The molecule has 0 radical (unpaired) electrons. The SMILES string of the molecule is CCN(Cc1ccccc1)CC(OCCCc1c(F)cccc1F)c1c(C)cccc1C. The van der Waals surface area contributed by atoms with Gasteiger partial charge in [-0.2, -0.15) is 0 Å². The fraction of sp³-hybridized carbons (Fsp3) is 0.357. The van der Waals surface area contributed by atoms with E-state index >= 15 is 0 Å². The van der Waals surface area contributed by atoms with Gasteiger partial charge in [0.25, 0.3) is 0 Å². The molecule has 32 heavy (non-hydrogen) atoms. The van der Waals surface area contributed by atoms with E-state index < -0.39 is 11.6 Å². The van der Waals surface area contributed by atoms with Crippen molar-refractivity contribution in [1.29, 1.82) is 0 Å². The third kappa shape index (κ3) is 6.47. The summed E-state index contributed by atoms with van der Waals surface area (Å²) in [5.74, 6) is -0.979. The van der Waals surface area contributed by atoms with Gasteiger partial charge in [-0.1, -0.05) is 61.5 Å². The molecule has 3 aromatic carbocycles. The van der Waals surface area contributed by atoms with Crippen molar-refractivity contribution in [1.82, 2.24) is 4.90 Å². The molecule has 0 fully saturated rings. The molecule has 4 heteroatoms. The van der Waals surface area contributed by atoms with Crippen molar-refractivity contribution in [3.8, 4) is 0 Å². The van der Waals surface area contributed by atoms with E-state index in [4.69, 9.17) is 4.74 Å². The molecule has 0 spiro atoms. The predicted molar refractivity (Wildman–Crippen MR) is 127 cm³/mol. The quantitative estimate of drug-likeness (QED) is 0.306. The Balaban J connectivity index is 1.71. The van der Waals surface area contributed by atoms with Crippen LogP contribution in [-0.4, -0.2) is 24.6 Å². The van der Waals surface area contributed by atoms with E-state index in [2.05, 4.69) is 68.1 Å². The molecule has 170 valence electrons. The molecule has 1 atom stereocenters. The summed E-state index contributed by atoms with van der Waals surface area (Å²) in [6.45, 7) is 9.33. The van der Waals surface area contributed by atoms with Gasteiger partial charge in [0.1, 0.15) is 11.6 Å². The van der Waals surface area contributed by atoms with E-state index in [9.17, 15) is 8.78 Å². The van der Waals surface area contributed by atoms with Gasteiger partial charge in [0, 0.05) is 25.3 Å². The Morgan fingerprint density at radius 3 is 2.09 bits per heavy atom. The van der Waals surface area contributed by atoms with Gasteiger partial charge in [-0.05, 0) is 67.6 Å². The first-order valence-corrected chi connectivity index (χ1v) is 11.4. The molecular weight excluding hydrogens is 404 g/mol. The number of rotatable bonds is 11. The second-order valence-electron chi connectivity index (χ2n) is 8.28. The largest absolute Gasteiger partial charge is 0.372 e. The summed E-state index contributed by atoms with van der Waals surface area (Å²) in [7, 11) is 0. The number of hydrogen-bond donors (Lipinski definition) is 0. The molecule has 0 aromatic heterocycles. The van der Waals surface area contributed by atoms with Crippen LogP contribution in [0.4, 0.5) is 8.78 Å². The molecule has 1 unspecified atom stereocenters. The van der Waals surface area contributed by atoms with Crippen LogP contribution < -0.4 is 0 Å². The van der Waals surface area contributed by atoms with Crippen LogP contribution in [0.5, 0.6) is 0 Å². The molecule has 0 aliphatic carbocycles. The summed E-state index contributed by atoms with van der Waals surface area (Å²) in [6.07, 6.45) is 0.772. The van der Waals surface area contributed by atoms with E-state index in [1.165, 1.54) is 40.5 Å². The maximum absolute atomic E-state index is 13.9. The van der Waals surface area contributed by atoms with Crippen molar-refractivity contribution in [2.45, 2.75) is 46.3 Å². The van der Waals surface area contributed by atoms with Crippen LogP contribution >= 0.6 is 0 Å². The smallest absolute Gasteiger partial charge is 0.129 e. The van der Waals surface area contributed by atoms with Crippen LogP contribution in [0.1, 0.15) is 47.3 Å². The third-order valence-electron chi connectivity index (χ3n) is 5.94. The van der Waals surface area contributed by atoms with Crippen molar-refractivity contribution >= 4 is 0 Å². The van der Waals surface area contributed by atoms with E-state index in [1.54, 1.807) is 0 Å². The highest BCUT2D eigenvalue weighted by atomic mass is 19.1. The molecule has 0 amide bonds. The average Bonchev–Trinajstić information content (AvgIpc) is 2.78. The highest BCUT2D eigenvalue weighted by Gasteiger charge is 2.20. The van der Waals surface area contributed by atoms with Crippen LogP contribution in [0.15, 0.2) is 66.7 Å². The average molecular weight is 438 g/mol. The van der Waals surface area contributed by atoms with Gasteiger partial charge in [0.05, 0.1) is 6.10 Å². The third-order valence-corrected chi connectivity index (χ3v) is 5.94. The number of likely N-dealkylation sites (N-methyl/N-ethyl adjacent to an activating group) is 1. The maximum atomic E-state index is 13.9. The van der Waals surface area contributed by atoms with Crippen molar-refractivity contribution in [2.75, 3.05) is 19.7 Å². The van der Waals surface area contributed by atoms with E-state index in [1.807, 2.05) is 6.07 Å². The lowest BCUT2D eigenvalue weighted by Gasteiger charge is -2.29. The van der Waals surface area contributed by atoms with Gasteiger partial charge in [0.2, 0.25) is 0 Å². The lowest BCUT2D eigenvalue weighted by molar-refractivity contribution is 0.0220. The van der Waals surface area contributed by atoms with Crippen molar-refractivity contribution in [3.05, 3.63) is 106 Å². The van der Waals surface area contributed by atoms with Gasteiger partial charge < -0.3 is 4.74 Å². The number of ether oxygens (including phenoxy) is 1. The van der Waals surface area contributed by atoms with Crippen molar-refractivity contribution in [3.63, 3.8) is 0 Å². The zero-order chi connectivity index (χ0) is 22.9. The molecule has 3 aromatic rings. The first kappa shape index (κ1) is 24.1. The molecular formula is C28H33F2NO. The van der Waals surface area contributed by atoms with Gasteiger partial charge >= 0.3 is 0 Å². The van der Waals surface area contributed by atoms with E-state index in [-0.39, 0.29) is 11.7 Å². The van der Waals surface area contributed by atoms with E-state index in [0.717, 1.165) is 19.6 Å². The molecule has 3 rings (SSSR count). The van der Waals surface area contributed by atoms with Gasteiger partial charge in [0.15, 0.2) is 0 Å². The summed E-state index contributed by atoms with van der Waals surface area (Å²) >= 11 is 0. The van der Waals surface area contributed by atoms with Crippen LogP contribution in [0.3, 0.4) is 0 Å². The summed E-state index contributed by atoms with van der Waals surface area (Å²) in [6, 6.07) is 20.7. The van der Waals surface area contributed by atoms with E-state index in [0.29, 0.717) is 19.4 Å². The topological polar surface area (TPSA) is 12.5 Å². The fourth-order valence-electron chi connectivity index (χ4n) is 4.19. The highest BCUT2D eigenvalue weighted by Crippen LogP contribution is 2.27. The molecule has 0 N–H and O–H groups in total. The molecule has 0 bridgehead atoms. The summed E-state index contributed by atoms with van der Waals surface area (Å²) in [4.78, 5) is 2.38. The molecule has 0 heterocycles. The summed E-state index contributed by atoms with van der Waals surface area (Å²) in [5.41, 5.74) is 5.01. The fourth-order valence-corrected chi connectivity index (χ4v) is 4.19. The minimum Gasteiger partial charge on any atom is -0.372 e.